The van der Waals surface area contributed by atoms with Crippen molar-refractivity contribution in [2.75, 3.05) is 0 Å². The molecule has 2 atom stereocenters. The van der Waals surface area contributed by atoms with Gasteiger partial charge in [-0.1, -0.05) is 36.4 Å². The molecule has 0 radical (unpaired) electrons. The number of pyridine rings is 1. The maximum atomic E-state index is 14.2. The molecule has 0 saturated heterocycles. The number of rotatable bonds is 2. The lowest BCUT2D eigenvalue weighted by Crippen LogP contribution is -2.49. The highest BCUT2D eigenvalue weighted by Crippen LogP contribution is 2.65. The highest BCUT2D eigenvalue weighted by molar-refractivity contribution is 7.90. The number of nitrogens with zero attached hydrogens (tertiary/aromatic N) is 3. The molecular formula is C28H27N3O4S. The number of carbonyl (C=O) groups excluding carboxylic acids is 1. The number of aromatic nitrogens is 2. The second-order valence-corrected chi connectivity index (χ2v) is 12.5. The Kier molecular flexibility index (Phi) is 4.41. The zero-order chi connectivity index (χ0) is 25.7. The van der Waals surface area contributed by atoms with Crippen LogP contribution in [0.25, 0.3) is 10.9 Å². The molecule has 36 heavy (non-hydrogen) atoms. The molecule has 0 spiro atoms. The van der Waals surface area contributed by atoms with Gasteiger partial charge in [-0.25, -0.2) is 17.2 Å². The van der Waals surface area contributed by atoms with E-state index in [0.29, 0.717) is 11.2 Å². The topological polar surface area (TPSA) is 81.5 Å². The van der Waals surface area contributed by atoms with E-state index in [4.69, 9.17) is 4.74 Å². The average Bonchev–Trinajstić information content (AvgIpc) is 3.37. The van der Waals surface area contributed by atoms with Crippen molar-refractivity contribution in [2.45, 2.75) is 56.2 Å². The van der Waals surface area contributed by atoms with Crippen LogP contribution in [0.4, 0.5) is 4.79 Å². The van der Waals surface area contributed by atoms with Gasteiger partial charge in [-0.05, 0) is 64.4 Å². The summed E-state index contributed by atoms with van der Waals surface area (Å²) >= 11 is 0. The highest BCUT2D eigenvalue weighted by Gasteiger charge is 2.68. The molecule has 2 bridgehead atoms. The Hall–Kier alpha value is -3.65. The van der Waals surface area contributed by atoms with Crippen LogP contribution in [0.15, 0.2) is 78.0 Å². The van der Waals surface area contributed by atoms with Gasteiger partial charge in [-0.3, -0.25) is 9.88 Å². The van der Waals surface area contributed by atoms with Gasteiger partial charge in [0.25, 0.3) is 10.0 Å². The third-order valence-corrected chi connectivity index (χ3v) is 9.13. The molecule has 7 nitrogen and oxygen atoms in total. The number of benzene rings is 2. The van der Waals surface area contributed by atoms with Crippen molar-refractivity contribution in [1.82, 2.24) is 13.9 Å². The summed E-state index contributed by atoms with van der Waals surface area (Å²) < 4.78 is 35.8. The maximum Gasteiger partial charge on any atom is 0.412 e. The van der Waals surface area contributed by atoms with Gasteiger partial charge in [0, 0.05) is 28.9 Å². The minimum Gasteiger partial charge on any atom is -0.444 e. The third kappa shape index (κ3) is 2.65. The summed E-state index contributed by atoms with van der Waals surface area (Å²) in [6, 6.07) is 17.8. The van der Waals surface area contributed by atoms with Crippen molar-refractivity contribution in [1.29, 1.82) is 0 Å². The van der Waals surface area contributed by atoms with Crippen molar-refractivity contribution in [3.63, 3.8) is 0 Å². The SMILES string of the molecule is CC(C)(C)OC(=O)N1C2(C)c3ccncc3C1(C)c1c2c2ccccc2n1S(=O)(=O)c1ccccc1. The van der Waals surface area contributed by atoms with Crippen LogP contribution in [-0.2, 0) is 25.8 Å². The minimum absolute atomic E-state index is 0.181. The monoisotopic (exact) mass is 501 g/mol. The van der Waals surface area contributed by atoms with Crippen molar-refractivity contribution in [3.05, 3.63) is 95.4 Å². The Morgan fingerprint density at radius 3 is 2.28 bits per heavy atom. The van der Waals surface area contributed by atoms with E-state index in [1.54, 1.807) is 47.6 Å². The van der Waals surface area contributed by atoms with Gasteiger partial charge in [0.1, 0.15) is 11.1 Å². The summed E-state index contributed by atoms with van der Waals surface area (Å²) in [6.07, 6.45) is 2.94. The normalized spacial score (nSPS) is 22.5. The van der Waals surface area contributed by atoms with E-state index >= 15 is 0 Å². The molecule has 8 heteroatoms. The minimum atomic E-state index is -4.00. The second kappa shape index (κ2) is 6.97. The van der Waals surface area contributed by atoms with Crippen LogP contribution < -0.4 is 0 Å². The van der Waals surface area contributed by atoms with Gasteiger partial charge >= 0.3 is 6.09 Å². The molecule has 6 rings (SSSR count). The van der Waals surface area contributed by atoms with Gasteiger partial charge in [0.2, 0.25) is 0 Å². The first-order valence-corrected chi connectivity index (χ1v) is 13.3. The Balaban J connectivity index is 1.75. The fraction of sp³-hybridized carbons (Fsp3) is 0.286. The van der Waals surface area contributed by atoms with E-state index < -0.39 is 32.8 Å². The molecule has 1 amide bonds. The Bertz CT molecular complexity index is 1670. The molecular weight excluding hydrogens is 474 g/mol. The first-order chi connectivity index (χ1) is 16.9. The number of hydrogen-bond acceptors (Lipinski definition) is 5. The lowest BCUT2D eigenvalue weighted by Gasteiger charge is -2.38. The van der Waals surface area contributed by atoms with Gasteiger partial charge in [0.05, 0.1) is 21.6 Å². The fourth-order valence-electron chi connectivity index (χ4n) is 6.14. The molecule has 0 saturated carbocycles. The Morgan fingerprint density at radius 1 is 0.917 bits per heavy atom. The number of ether oxygens (including phenoxy) is 1. The molecule has 2 unspecified atom stereocenters. The summed E-state index contributed by atoms with van der Waals surface area (Å²) in [7, 11) is -4.00. The molecule has 0 fully saturated rings. The fourth-order valence-corrected chi connectivity index (χ4v) is 7.78. The van der Waals surface area contributed by atoms with Gasteiger partial charge < -0.3 is 4.74 Å². The van der Waals surface area contributed by atoms with E-state index in [1.165, 1.54) is 3.97 Å². The van der Waals surface area contributed by atoms with Crippen molar-refractivity contribution in [3.8, 4) is 0 Å². The molecule has 0 aliphatic carbocycles. The standard InChI is InChI=1S/C28H27N3O4S/c1-26(2,3)35-25(32)31-27(4)20-15-16-29-17-21(20)28(31,5)24-23(27)19-13-9-10-14-22(19)30(24)36(33,34)18-11-7-6-8-12-18/h6-17H,1-5H3. The molecule has 2 aromatic carbocycles. The predicted octanol–water partition coefficient (Wildman–Crippen LogP) is 5.36. The number of para-hydroxylation sites is 1. The molecule has 2 aliphatic rings. The van der Waals surface area contributed by atoms with Crippen LogP contribution in [0, 0.1) is 0 Å². The van der Waals surface area contributed by atoms with E-state index in [2.05, 4.69) is 4.98 Å². The van der Waals surface area contributed by atoms with Crippen LogP contribution in [0.1, 0.15) is 57.0 Å². The molecule has 4 heterocycles. The Morgan fingerprint density at radius 2 is 1.58 bits per heavy atom. The summed E-state index contributed by atoms with van der Waals surface area (Å²) in [5, 5.41) is 0.786. The number of carbonyl (C=O) groups is 1. The van der Waals surface area contributed by atoms with E-state index in [0.717, 1.165) is 22.1 Å². The summed E-state index contributed by atoms with van der Waals surface area (Å²) in [5.74, 6) is 0. The summed E-state index contributed by atoms with van der Waals surface area (Å²) in [4.78, 5) is 20.1. The average molecular weight is 502 g/mol. The summed E-state index contributed by atoms with van der Waals surface area (Å²) in [6.45, 7) is 9.34. The van der Waals surface area contributed by atoms with E-state index in [1.807, 2.05) is 65.0 Å². The van der Waals surface area contributed by atoms with E-state index in [9.17, 15) is 13.2 Å². The molecule has 0 N–H and O–H groups in total. The smallest absolute Gasteiger partial charge is 0.412 e. The third-order valence-electron chi connectivity index (χ3n) is 7.40. The summed E-state index contributed by atoms with van der Waals surface area (Å²) in [5.41, 5.74) is 0.809. The van der Waals surface area contributed by atoms with Crippen LogP contribution >= 0.6 is 0 Å². The van der Waals surface area contributed by atoms with E-state index in [-0.39, 0.29) is 4.90 Å². The molecule has 184 valence electrons. The zero-order valence-corrected chi connectivity index (χ0v) is 21.6. The maximum absolute atomic E-state index is 14.2. The van der Waals surface area contributed by atoms with Gasteiger partial charge in [-0.15, -0.1) is 0 Å². The lowest BCUT2D eigenvalue weighted by molar-refractivity contribution is -0.00519. The van der Waals surface area contributed by atoms with Crippen molar-refractivity contribution < 1.29 is 17.9 Å². The molecule has 2 aliphatic heterocycles. The zero-order valence-electron chi connectivity index (χ0n) is 20.8. The number of amides is 1. The predicted molar refractivity (Wildman–Crippen MR) is 136 cm³/mol. The lowest BCUT2D eigenvalue weighted by atomic mass is 9.77. The van der Waals surface area contributed by atoms with Crippen molar-refractivity contribution >= 4 is 27.0 Å². The van der Waals surface area contributed by atoms with Crippen LogP contribution in [0.2, 0.25) is 0 Å². The van der Waals surface area contributed by atoms with Crippen LogP contribution in [0.3, 0.4) is 0 Å². The second-order valence-electron chi connectivity index (χ2n) is 10.7. The molecule has 2 aromatic heterocycles. The van der Waals surface area contributed by atoms with Gasteiger partial charge in [0.15, 0.2) is 0 Å². The number of fused-ring (bicyclic) bond motifs is 10. The Labute approximate surface area is 210 Å². The number of hydrogen-bond donors (Lipinski definition) is 0. The van der Waals surface area contributed by atoms with Crippen LogP contribution in [0.5, 0.6) is 0 Å². The molecule has 4 aromatic rings. The van der Waals surface area contributed by atoms with Crippen LogP contribution in [-0.4, -0.2) is 34.0 Å². The first-order valence-electron chi connectivity index (χ1n) is 11.9. The van der Waals surface area contributed by atoms with Crippen molar-refractivity contribution in [2.24, 2.45) is 0 Å². The quantitative estimate of drug-likeness (QED) is 0.369. The highest BCUT2D eigenvalue weighted by atomic mass is 32.2. The largest absolute Gasteiger partial charge is 0.444 e. The van der Waals surface area contributed by atoms with Gasteiger partial charge in [-0.2, -0.15) is 0 Å². The first kappa shape index (κ1) is 22.8.